The first kappa shape index (κ1) is 19.6. The molecule has 0 aromatic heterocycles. The van der Waals surface area contributed by atoms with Crippen molar-refractivity contribution in [2.45, 2.75) is 18.2 Å². The van der Waals surface area contributed by atoms with E-state index in [1.807, 2.05) is 24.3 Å². The van der Waals surface area contributed by atoms with E-state index in [1.165, 1.54) is 0 Å². The number of amides is 1. The second-order valence-corrected chi connectivity index (χ2v) is 8.80. The lowest BCUT2D eigenvalue weighted by Gasteiger charge is -2.08. The topological polar surface area (TPSA) is 75.3 Å². The van der Waals surface area contributed by atoms with Gasteiger partial charge in [0.25, 0.3) is 0 Å². The first-order valence-electron chi connectivity index (χ1n) is 7.67. The van der Waals surface area contributed by atoms with Gasteiger partial charge in [0.2, 0.25) is 15.9 Å². The summed E-state index contributed by atoms with van der Waals surface area (Å²) >= 11 is 7.41. The quantitative estimate of drug-likeness (QED) is 0.652. The number of thioether (sulfide) groups is 1. The maximum Gasteiger partial charge on any atom is 0.232 e. The van der Waals surface area contributed by atoms with Crippen LogP contribution in [0.15, 0.2) is 53.4 Å². The zero-order chi connectivity index (χ0) is 18.3. The molecule has 0 radical (unpaired) electrons. The standard InChI is InChI=1S/C17H19ClN2O3S2/c1-2-25(22,23)20-15-7-5-14(6-8-15)19-17(21)11-12-24-16-9-3-13(18)4-10-16/h3-10,20H,2,11-12H2,1H3,(H,19,21). The third-order valence-electron chi connectivity index (χ3n) is 3.23. The van der Waals surface area contributed by atoms with E-state index in [1.54, 1.807) is 43.0 Å². The predicted molar refractivity (Wildman–Crippen MR) is 105 cm³/mol. The second kappa shape index (κ2) is 9.12. The molecule has 0 spiro atoms. The third kappa shape index (κ3) is 6.97. The number of anilines is 2. The van der Waals surface area contributed by atoms with Crippen molar-refractivity contribution in [3.05, 3.63) is 53.6 Å². The minimum absolute atomic E-state index is 0.0107. The van der Waals surface area contributed by atoms with Crippen LogP contribution >= 0.6 is 23.4 Å². The molecule has 8 heteroatoms. The maximum atomic E-state index is 12.0. The highest BCUT2D eigenvalue weighted by Crippen LogP contribution is 2.21. The Morgan fingerprint density at radius 1 is 1.04 bits per heavy atom. The van der Waals surface area contributed by atoms with Crippen molar-refractivity contribution in [3.8, 4) is 0 Å². The van der Waals surface area contributed by atoms with Gasteiger partial charge in [0, 0.05) is 33.5 Å². The third-order valence-corrected chi connectivity index (χ3v) is 5.81. The molecule has 2 aromatic carbocycles. The summed E-state index contributed by atoms with van der Waals surface area (Å²) in [5, 5.41) is 3.48. The van der Waals surface area contributed by atoms with Crippen LogP contribution in [0.5, 0.6) is 0 Å². The van der Waals surface area contributed by atoms with Crippen molar-refractivity contribution in [1.82, 2.24) is 0 Å². The zero-order valence-electron chi connectivity index (χ0n) is 13.7. The summed E-state index contributed by atoms with van der Waals surface area (Å²) in [5.74, 6) is 0.571. The van der Waals surface area contributed by atoms with E-state index in [0.717, 1.165) is 4.90 Å². The molecule has 0 aliphatic heterocycles. The van der Waals surface area contributed by atoms with Gasteiger partial charge >= 0.3 is 0 Å². The molecule has 0 unspecified atom stereocenters. The molecule has 25 heavy (non-hydrogen) atoms. The highest BCUT2D eigenvalue weighted by atomic mass is 35.5. The number of hydrogen-bond acceptors (Lipinski definition) is 4. The molecule has 2 N–H and O–H groups in total. The van der Waals surface area contributed by atoms with Crippen LogP contribution < -0.4 is 10.0 Å². The lowest BCUT2D eigenvalue weighted by molar-refractivity contribution is -0.115. The number of halogens is 1. The highest BCUT2D eigenvalue weighted by molar-refractivity contribution is 7.99. The van der Waals surface area contributed by atoms with E-state index in [-0.39, 0.29) is 11.7 Å². The Morgan fingerprint density at radius 3 is 2.24 bits per heavy atom. The number of hydrogen-bond donors (Lipinski definition) is 2. The van der Waals surface area contributed by atoms with Crippen LogP contribution in [0.3, 0.4) is 0 Å². The van der Waals surface area contributed by atoms with Gasteiger partial charge in [-0.3, -0.25) is 9.52 Å². The largest absolute Gasteiger partial charge is 0.326 e. The van der Waals surface area contributed by atoms with Crippen molar-refractivity contribution in [1.29, 1.82) is 0 Å². The van der Waals surface area contributed by atoms with Crippen molar-refractivity contribution in [2.75, 3.05) is 21.5 Å². The van der Waals surface area contributed by atoms with Gasteiger partial charge in [-0.1, -0.05) is 11.6 Å². The van der Waals surface area contributed by atoms with Crippen molar-refractivity contribution in [3.63, 3.8) is 0 Å². The first-order chi connectivity index (χ1) is 11.9. The number of benzene rings is 2. The molecule has 134 valence electrons. The molecule has 5 nitrogen and oxygen atoms in total. The minimum Gasteiger partial charge on any atom is -0.326 e. The Bertz CT molecular complexity index is 807. The average molecular weight is 399 g/mol. The van der Waals surface area contributed by atoms with E-state index in [2.05, 4.69) is 10.0 Å². The Balaban J connectivity index is 1.79. The number of carbonyl (C=O) groups is 1. The molecule has 0 aliphatic carbocycles. The van der Waals surface area contributed by atoms with Crippen LogP contribution in [-0.4, -0.2) is 25.8 Å². The molecule has 0 atom stereocenters. The lowest BCUT2D eigenvalue weighted by atomic mass is 10.3. The fourth-order valence-electron chi connectivity index (χ4n) is 1.89. The molecule has 0 fully saturated rings. The van der Waals surface area contributed by atoms with Crippen molar-refractivity contribution < 1.29 is 13.2 Å². The van der Waals surface area contributed by atoms with Crippen LogP contribution in [0.2, 0.25) is 5.02 Å². The van der Waals surface area contributed by atoms with E-state index < -0.39 is 10.0 Å². The van der Waals surface area contributed by atoms with Crippen LogP contribution in [-0.2, 0) is 14.8 Å². The summed E-state index contributed by atoms with van der Waals surface area (Å²) in [5.41, 5.74) is 1.10. The summed E-state index contributed by atoms with van der Waals surface area (Å²) in [6.45, 7) is 1.57. The van der Waals surface area contributed by atoms with Gasteiger partial charge in [-0.05, 0) is 55.5 Å². The molecule has 2 rings (SSSR count). The van der Waals surface area contributed by atoms with E-state index in [0.29, 0.717) is 28.6 Å². The summed E-state index contributed by atoms with van der Waals surface area (Å²) < 4.78 is 25.4. The van der Waals surface area contributed by atoms with Crippen LogP contribution in [0.4, 0.5) is 11.4 Å². The number of rotatable bonds is 8. The van der Waals surface area contributed by atoms with Gasteiger partial charge in [0.15, 0.2) is 0 Å². The molecular weight excluding hydrogens is 380 g/mol. The fourth-order valence-corrected chi connectivity index (χ4v) is 3.51. The predicted octanol–water partition coefficient (Wildman–Crippen LogP) is 4.22. The van der Waals surface area contributed by atoms with Crippen LogP contribution in [0.25, 0.3) is 0 Å². The SMILES string of the molecule is CCS(=O)(=O)Nc1ccc(NC(=O)CCSc2ccc(Cl)cc2)cc1. The summed E-state index contributed by atoms with van der Waals surface area (Å²) in [6, 6.07) is 14.0. The summed E-state index contributed by atoms with van der Waals surface area (Å²) in [6.07, 6.45) is 0.373. The zero-order valence-corrected chi connectivity index (χ0v) is 16.0. The van der Waals surface area contributed by atoms with Crippen molar-refractivity contribution in [2.24, 2.45) is 0 Å². The Labute approximate surface area is 157 Å². The summed E-state index contributed by atoms with van der Waals surface area (Å²) in [7, 11) is -3.30. The Morgan fingerprint density at radius 2 is 1.64 bits per heavy atom. The molecule has 0 bridgehead atoms. The summed E-state index contributed by atoms with van der Waals surface area (Å²) in [4.78, 5) is 13.0. The smallest absolute Gasteiger partial charge is 0.232 e. The highest BCUT2D eigenvalue weighted by Gasteiger charge is 2.07. The first-order valence-corrected chi connectivity index (χ1v) is 10.7. The number of carbonyl (C=O) groups excluding carboxylic acids is 1. The molecule has 0 saturated heterocycles. The van der Waals surface area contributed by atoms with Crippen LogP contribution in [0, 0.1) is 0 Å². The number of sulfonamides is 1. The number of nitrogens with one attached hydrogen (secondary N) is 2. The normalized spacial score (nSPS) is 11.1. The monoisotopic (exact) mass is 398 g/mol. The van der Waals surface area contributed by atoms with Crippen molar-refractivity contribution >= 4 is 50.7 Å². The molecule has 0 saturated carbocycles. The Kier molecular flexibility index (Phi) is 7.16. The fraction of sp³-hybridized carbons (Fsp3) is 0.235. The molecular formula is C17H19ClN2O3S2. The van der Waals surface area contributed by atoms with Gasteiger partial charge in [-0.2, -0.15) is 0 Å². The molecule has 1 amide bonds. The van der Waals surface area contributed by atoms with Gasteiger partial charge in [-0.25, -0.2) is 8.42 Å². The molecule has 2 aromatic rings. The maximum absolute atomic E-state index is 12.0. The average Bonchev–Trinajstić information content (AvgIpc) is 2.58. The minimum atomic E-state index is -3.30. The van der Waals surface area contributed by atoms with Crippen LogP contribution in [0.1, 0.15) is 13.3 Å². The van der Waals surface area contributed by atoms with Gasteiger partial charge in [0.1, 0.15) is 0 Å². The van der Waals surface area contributed by atoms with E-state index in [9.17, 15) is 13.2 Å². The van der Waals surface area contributed by atoms with Gasteiger partial charge < -0.3 is 5.32 Å². The van der Waals surface area contributed by atoms with Gasteiger partial charge in [0.05, 0.1) is 5.75 Å². The second-order valence-electron chi connectivity index (χ2n) is 5.18. The lowest BCUT2D eigenvalue weighted by Crippen LogP contribution is -2.15. The van der Waals surface area contributed by atoms with E-state index >= 15 is 0 Å². The Hall–Kier alpha value is -1.70. The van der Waals surface area contributed by atoms with Gasteiger partial charge in [-0.15, -0.1) is 11.8 Å². The molecule has 0 aliphatic rings. The van der Waals surface area contributed by atoms with E-state index in [4.69, 9.17) is 11.6 Å². The molecule has 0 heterocycles.